The highest BCUT2D eigenvalue weighted by molar-refractivity contribution is 7.45. The van der Waals surface area contributed by atoms with Gasteiger partial charge in [0.15, 0.2) is 6.10 Å². The van der Waals surface area contributed by atoms with E-state index in [1.807, 2.05) is 21.1 Å². The smallest absolute Gasteiger partial charge is 0.306 e. The second-order valence-corrected chi connectivity index (χ2v) is 16.8. The highest BCUT2D eigenvalue weighted by atomic mass is 31.2. The number of ether oxygens (including phenoxy) is 2. The molecule has 0 aliphatic heterocycles. The number of hydrogen-bond acceptors (Lipinski definition) is 8. The third-order valence-electron chi connectivity index (χ3n) is 8.97. The molecule has 2 atom stereocenters. The highest BCUT2D eigenvalue weighted by Crippen LogP contribution is 2.38. The van der Waals surface area contributed by atoms with E-state index in [1.54, 1.807) is 0 Å². The maximum atomic E-state index is 12.6. The van der Waals surface area contributed by atoms with E-state index in [0.29, 0.717) is 17.4 Å². The summed E-state index contributed by atoms with van der Waals surface area (Å²) in [6.45, 7) is 4.17. The van der Waals surface area contributed by atoms with Gasteiger partial charge in [0.1, 0.15) is 19.8 Å². The zero-order valence-electron chi connectivity index (χ0n) is 34.3. The van der Waals surface area contributed by atoms with Crippen molar-refractivity contribution in [2.24, 2.45) is 0 Å². The molecule has 0 N–H and O–H groups in total. The Hall–Kier alpha value is -1.51. The van der Waals surface area contributed by atoms with Gasteiger partial charge < -0.3 is 27.9 Å². The van der Waals surface area contributed by atoms with Crippen LogP contribution in [0.15, 0.2) is 24.3 Å². The van der Waals surface area contributed by atoms with Crippen LogP contribution in [0.4, 0.5) is 0 Å². The quantitative estimate of drug-likeness (QED) is 0.0201. The van der Waals surface area contributed by atoms with Crippen molar-refractivity contribution in [2.75, 3.05) is 47.5 Å². The van der Waals surface area contributed by atoms with Gasteiger partial charge in [0.2, 0.25) is 0 Å². The molecule has 0 radical (unpaired) electrons. The second kappa shape index (κ2) is 35.2. The Morgan fingerprint density at radius 1 is 0.596 bits per heavy atom. The number of nitrogens with zero attached hydrogens (tertiary/aromatic N) is 1. The maximum absolute atomic E-state index is 12.6. The maximum Gasteiger partial charge on any atom is 0.306 e. The summed E-state index contributed by atoms with van der Waals surface area (Å²) in [5.41, 5.74) is 0. The summed E-state index contributed by atoms with van der Waals surface area (Å²) < 4.78 is 33.8. The van der Waals surface area contributed by atoms with Crippen molar-refractivity contribution in [3.63, 3.8) is 0 Å². The number of carbonyl (C=O) groups is 2. The average Bonchev–Trinajstić information content (AvgIpc) is 3.09. The van der Waals surface area contributed by atoms with Crippen LogP contribution in [-0.4, -0.2) is 70.0 Å². The van der Waals surface area contributed by atoms with Gasteiger partial charge in [-0.3, -0.25) is 14.2 Å². The molecule has 0 saturated carbocycles. The first-order valence-electron chi connectivity index (χ1n) is 21.0. The number of quaternary nitrogens is 1. The van der Waals surface area contributed by atoms with Crippen LogP contribution in [0.2, 0.25) is 0 Å². The number of likely N-dealkylation sites (N-methyl/N-ethyl adjacent to an activating group) is 1. The van der Waals surface area contributed by atoms with Gasteiger partial charge in [-0.15, -0.1) is 0 Å². The topological polar surface area (TPSA) is 111 Å². The Kier molecular flexibility index (Phi) is 34.2. The molecule has 0 aliphatic carbocycles. The van der Waals surface area contributed by atoms with Crippen molar-refractivity contribution < 1.29 is 42.1 Å². The number of allylic oxidation sites excluding steroid dienone is 4. The molecule has 0 aromatic rings. The summed E-state index contributed by atoms with van der Waals surface area (Å²) >= 11 is 0. The summed E-state index contributed by atoms with van der Waals surface area (Å²) in [6, 6.07) is 0. The van der Waals surface area contributed by atoms with Gasteiger partial charge in [-0.25, -0.2) is 0 Å². The van der Waals surface area contributed by atoms with Crippen LogP contribution in [0.3, 0.4) is 0 Å². The Labute approximate surface area is 319 Å². The minimum atomic E-state index is -4.62. The van der Waals surface area contributed by atoms with Crippen LogP contribution in [-0.2, 0) is 32.7 Å². The molecule has 0 heterocycles. The summed E-state index contributed by atoms with van der Waals surface area (Å²) in [5.74, 6) is -0.846. The van der Waals surface area contributed by atoms with E-state index in [9.17, 15) is 19.0 Å². The van der Waals surface area contributed by atoms with Gasteiger partial charge >= 0.3 is 11.9 Å². The summed E-state index contributed by atoms with van der Waals surface area (Å²) in [7, 11) is 1.16. The number of hydrogen-bond donors (Lipinski definition) is 0. The lowest BCUT2D eigenvalue weighted by Gasteiger charge is -2.28. The molecule has 0 spiro atoms. The van der Waals surface area contributed by atoms with Gasteiger partial charge in [0.05, 0.1) is 27.7 Å². The van der Waals surface area contributed by atoms with Gasteiger partial charge in [0, 0.05) is 12.8 Å². The zero-order valence-corrected chi connectivity index (χ0v) is 35.2. The van der Waals surface area contributed by atoms with Crippen molar-refractivity contribution in [1.82, 2.24) is 0 Å². The molecule has 306 valence electrons. The van der Waals surface area contributed by atoms with E-state index in [1.165, 1.54) is 83.5 Å². The molecule has 0 amide bonds. The first-order valence-corrected chi connectivity index (χ1v) is 22.5. The Bertz CT molecular complexity index is 949. The lowest BCUT2D eigenvalue weighted by atomic mass is 10.0. The molecule has 0 aromatic carbocycles. The Balaban J connectivity index is 4.40. The van der Waals surface area contributed by atoms with Gasteiger partial charge in [-0.1, -0.05) is 154 Å². The number of carbonyl (C=O) groups excluding carboxylic acids is 2. The fourth-order valence-corrected chi connectivity index (χ4v) is 6.34. The second-order valence-electron chi connectivity index (χ2n) is 15.4. The highest BCUT2D eigenvalue weighted by Gasteiger charge is 2.21. The molecule has 0 rings (SSSR count). The molecule has 10 heteroatoms. The molecule has 0 fully saturated rings. The largest absolute Gasteiger partial charge is 0.756 e. The molecule has 1 unspecified atom stereocenters. The molecule has 52 heavy (non-hydrogen) atoms. The van der Waals surface area contributed by atoms with E-state index in [0.717, 1.165) is 64.2 Å². The van der Waals surface area contributed by atoms with E-state index in [-0.39, 0.29) is 32.0 Å². The van der Waals surface area contributed by atoms with E-state index in [4.69, 9.17) is 18.5 Å². The molecule has 0 bridgehead atoms. The van der Waals surface area contributed by atoms with Crippen molar-refractivity contribution in [3.05, 3.63) is 24.3 Å². The van der Waals surface area contributed by atoms with Crippen LogP contribution < -0.4 is 4.89 Å². The molecule has 0 aromatic heterocycles. The fourth-order valence-electron chi connectivity index (χ4n) is 5.61. The first-order chi connectivity index (χ1) is 25.0. The Morgan fingerprint density at radius 3 is 1.58 bits per heavy atom. The van der Waals surface area contributed by atoms with E-state index < -0.39 is 26.5 Å². The third kappa shape index (κ3) is 38.2. The van der Waals surface area contributed by atoms with Crippen molar-refractivity contribution in [1.29, 1.82) is 0 Å². The zero-order chi connectivity index (χ0) is 38.6. The van der Waals surface area contributed by atoms with E-state index in [2.05, 4.69) is 38.2 Å². The average molecular weight is 758 g/mol. The third-order valence-corrected chi connectivity index (χ3v) is 9.94. The number of esters is 2. The number of unbranched alkanes of at least 4 members (excludes halogenated alkanes) is 20. The fraction of sp³-hybridized carbons (Fsp3) is 0.857. The molecule has 0 saturated heterocycles. The van der Waals surface area contributed by atoms with Gasteiger partial charge in [-0.05, 0) is 38.5 Å². The van der Waals surface area contributed by atoms with Crippen LogP contribution >= 0.6 is 7.82 Å². The van der Waals surface area contributed by atoms with Crippen LogP contribution in [0.5, 0.6) is 0 Å². The Morgan fingerprint density at radius 2 is 1.06 bits per heavy atom. The molecule has 9 nitrogen and oxygen atoms in total. The van der Waals surface area contributed by atoms with Gasteiger partial charge in [-0.2, -0.15) is 0 Å². The van der Waals surface area contributed by atoms with Crippen molar-refractivity contribution in [3.8, 4) is 0 Å². The van der Waals surface area contributed by atoms with Gasteiger partial charge in [0.25, 0.3) is 7.82 Å². The predicted molar refractivity (Wildman–Crippen MR) is 213 cm³/mol. The van der Waals surface area contributed by atoms with Crippen LogP contribution in [0.1, 0.15) is 181 Å². The number of rotatable bonds is 38. The van der Waals surface area contributed by atoms with Crippen molar-refractivity contribution >= 4 is 19.8 Å². The molecular formula is C42H80NO8P. The standard InChI is InChI=1S/C42H80NO8P/c1-6-8-10-12-14-16-18-20-22-24-26-28-30-32-34-41(44)48-38-40(39-50-52(46,47)49-37-36-43(3,4)5)51-42(45)35-33-31-29-27-25-23-21-19-17-15-13-11-9-7-2/h13,15,19,21,40H,6-12,14,16-18,20,22-39H2,1-5H3/b15-13+,21-19+/t40-/m1/s1. The van der Waals surface area contributed by atoms with Crippen LogP contribution in [0, 0.1) is 0 Å². The summed E-state index contributed by atoms with van der Waals surface area (Å²) in [5, 5.41) is 0. The monoisotopic (exact) mass is 758 g/mol. The normalized spacial score (nSPS) is 13.9. The predicted octanol–water partition coefficient (Wildman–Crippen LogP) is 10.9. The lowest BCUT2D eigenvalue weighted by molar-refractivity contribution is -0.870. The first kappa shape index (κ1) is 50.5. The lowest BCUT2D eigenvalue weighted by Crippen LogP contribution is -2.37. The number of phosphoric ester groups is 1. The minimum absolute atomic E-state index is 0.0321. The summed E-state index contributed by atoms with van der Waals surface area (Å²) in [4.78, 5) is 37.4. The van der Waals surface area contributed by atoms with E-state index >= 15 is 0 Å². The molecule has 0 aliphatic rings. The number of phosphoric acid groups is 1. The molecular weight excluding hydrogens is 677 g/mol. The minimum Gasteiger partial charge on any atom is -0.756 e. The SMILES string of the molecule is CCCC/C=C/C/C=C/CCCCCCCC(=O)O[C@H](COC(=O)CCCCCCCCCCCCCCCC)COP(=O)([O-])OCC[N+](C)(C)C. The summed E-state index contributed by atoms with van der Waals surface area (Å²) in [6.07, 6.45) is 36.2. The van der Waals surface area contributed by atoms with Crippen molar-refractivity contribution in [2.45, 2.75) is 187 Å². The van der Waals surface area contributed by atoms with Crippen LogP contribution in [0.25, 0.3) is 0 Å².